The molecule has 3 rings (SSSR count). The second-order valence-electron chi connectivity index (χ2n) is 5.03. The van der Waals surface area contributed by atoms with E-state index in [1.165, 1.54) is 30.4 Å². The molecule has 116 valence electrons. The maximum absolute atomic E-state index is 12.5. The average Bonchev–Trinajstić information content (AvgIpc) is 2.99. The molecule has 1 aromatic heterocycles. The first kappa shape index (κ1) is 14.6. The van der Waals surface area contributed by atoms with Crippen molar-refractivity contribution in [3.8, 4) is 5.75 Å². The van der Waals surface area contributed by atoms with Crippen molar-refractivity contribution in [1.82, 2.24) is 4.90 Å². The van der Waals surface area contributed by atoms with Crippen LogP contribution in [0.1, 0.15) is 10.6 Å². The fourth-order valence-corrected chi connectivity index (χ4v) is 3.97. The van der Waals surface area contributed by atoms with E-state index in [-0.39, 0.29) is 29.7 Å². The number of rotatable bonds is 4. The molecule has 7 heteroatoms. The molecule has 1 aliphatic rings. The monoisotopic (exact) mass is 321 g/mol. The van der Waals surface area contributed by atoms with E-state index in [2.05, 4.69) is 0 Å². The summed E-state index contributed by atoms with van der Waals surface area (Å²) in [6.45, 7) is 0.349. The van der Waals surface area contributed by atoms with Crippen molar-refractivity contribution < 1.29 is 22.4 Å². The molecule has 1 saturated heterocycles. The van der Waals surface area contributed by atoms with Gasteiger partial charge in [0.15, 0.2) is 15.6 Å². The SMILES string of the molecule is COc1ccc(S(=O)(=O)C2CN(C(=O)c3ccco3)C2)cc1. The van der Waals surface area contributed by atoms with Crippen LogP contribution in [0.4, 0.5) is 0 Å². The van der Waals surface area contributed by atoms with Gasteiger partial charge in [-0.15, -0.1) is 0 Å². The van der Waals surface area contributed by atoms with Crippen molar-refractivity contribution in [2.75, 3.05) is 20.2 Å². The molecule has 0 bridgehead atoms. The van der Waals surface area contributed by atoms with Gasteiger partial charge in [-0.25, -0.2) is 8.42 Å². The first-order valence-corrected chi connectivity index (χ1v) is 8.28. The number of carbonyl (C=O) groups is 1. The fourth-order valence-electron chi connectivity index (χ4n) is 2.31. The lowest BCUT2D eigenvalue weighted by Crippen LogP contribution is -2.56. The van der Waals surface area contributed by atoms with E-state index in [0.717, 1.165) is 0 Å². The van der Waals surface area contributed by atoms with Crippen LogP contribution in [0.3, 0.4) is 0 Å². The fraction of sp³-hybridized carbons (Fsp3) is 0.267. The van der Waals surface area contributed by atoms with Crippen LogP contribution in [0.5, 0.6) is 5.75 Å². The lowest BCUT2D eigenvalue weighted by atomic mass is 10.2. The Labute approximate surface area is 128 Å². The van der Waals surface area contributed by atoms with Gasteiger partial charge in [0.25, 0.3) is 5.91 Å². The van der Waals surface area contributed by atoms with Crippen molar-refractivity contribution in [3.05, 3.63) is 48.4 Å². The van der Waals surface area contributed by atoms with Crippen molar-refractivity contribution >= 4 is 15.7 Å². The number of nitrogens with zero attached hydrogens (tertiary/aromatic N) is 1. The number of methoxy groups -OCH3 is 1. The standard InChI is InChI=1S/C15H15NO5S/c1-20-11-4-6-12(7-5-11)22(18,19)13-9-16(10-13)15(17)14-3-2-8-21-14/h2-8,13H,9-10H2,1H3. The molecule has 1 amide bonds. The molecule has 0 saturated carbocycles. The molecule has 6 nitrogen and oxygen atoms in total. The summed E-state index contributed by atoms with van der Waals surface area (Å²) in [4.78, 5) is 13.7. The van der Waals surface area contributed by atoms with Gasteiger partial charge in [-0.3, -0.25) is 4.79 Å². The van der Waals surface area contributed by atoms with Crippen LogP contribution in [-0.4, -0.2) is 44.7 Å². The average molecular weight is 321 g/mol. The van der Waals surface area contributed by atoms with Gasteiger partial charge in [0, 0.05) is 13.1 Å². The van der Waals surface area contributed by atoms with Crippen molar-refractivity contribution in [2.45, 2.75) is 10.1 Å². The summed E-state index contributed by atoms with van der Waals surface area (Å²) in [6, 6.07) is 9.44. The molecule has 1 aliphatic heterocycles. The minimum Gasteiger partial charge on any atom is -0.497 e. The highest BCUT2D eigenvalue weighted by atomic mass is 32.2. The van der Waals surface area contributed by atoms with Gasteiger partial charge in [0.2, 0.25) is 0 Å². The molecule has 22 heavy (non-hydrogen) atoms. The molecule has 2 aromatic rings. The highest BCUT2D eigenvalue weighted by Gasteiger charge is 2.41. The molecule has 0 unspecified atom stereocenters. The zero-order valence-corrected chi connectivity index (χ0v) is 12.7. The molecular formula is C15H15NO5S. The molecule has 2 heterocycles. The zero-order chi connectivity index (χ0) is 15.7. The number of carbonyl (C=O) groups excluding carboxylic acids is 1. The normalized spacial score (nSPS) is 15.4. The number of sulfone groups is 1. The Hall–Kier alpha value is -2.28. The van der Waals surface area contributed by atoms with Gasteiger partial charge in [-0.1, -0.05) is 0 Å². The third-order valence-corrected chi connectivity index (χ3v) is 5.80. The predicted molar refractivity (Wildman–Crippen MR) is 78.6 cm³/mol. The minimum absolute atomic E-state index is 0.174. The predicted octanol–water partition coefficient (Wildman–Crippen LogP) is 1.59. The van der Waals surface area contributed by atoms with Crippen LogP contribution < -0.4 is 4.74 Å². The highest BCUT2D eigenvalue weighted by molar-refractivity contribution is 7.92. The third-order valence-electron chi connectivity index (χ3n) is 3.69. The van der Waals surface area contributed by atoms with Crippen molar-refractivity contribution in [1.29, 1.82) is 0 Å². The molecular weight excluding hydrogens is 306 g/mol. The van der Waals surface area contributed by atoms with Gasteiger partial charge in [-0.05, 0) is 36.4 Å². The summed E-state index contributed by atoms with van der Waals surface area (Å²) < 4.78 is 35.0. The second-order valence-corrected chi connectivity index (χ2v) is 7.26. The smallest absolute Gasteiger partial charge is 0.289 e. The van der Waals surface area contributed by atoms with E-state index in [1.807, 2.05) is 0 Å². The van der Waals surface area contributed by atoms with Gasteiger partial charge < -0.3 is 14.1 Å². The quantitative estimate of drug-likeness (QED) is 0.854. The van der Waals surface area contributed by atoms with Crippen LogP contribution in [0, 0.1) is 0 Å². The number of hydrogen-bond donors (Lipinski definition) is 0. The van der Waals surface area contributed by atoms with E-state index in [1.54, 1.807) is 24.3 Å². The Morgan fingerprint density at radius 2 is 1.91 bits per heavy atom. The maximum Gasteiger partial charge on any atom is 0.289 e. The van der Waals surface area contributed by atoms with E-state index in [9.17, 15) is 13.2 Å². The van der Waals surface area contributed by atoms with E-state index in [4.69, 9.17) is 9.15 Å². The molecule has 0 spiro atoms. The summed E-state index contributed by atoms with van der Waals surface area (Å²) in [5, 5.41) is -0.584. The Morgan fingerprint density at radius 3 is 2.45 bits per heavy atom. The first-order valence-electron chi connectivity index (χ1n) is 6.73. The summed E-state index contributed by atoms with van der Waals surface area (Å²) in [5.74, 6) is 0.536. The van der Waals surface area contributed by atoms with E-state index >= 15 is 0 Å². The zero-order valence-electron chi connectivity index (χ0n) is 11.9. The summed E-state index contributed by atoms with van der Waals surface area (Å²) in [6.07, 6.45) is 1.42. The number of ether oxygens (including phenoxy) is 1. The Morgan fingerprint density at radius 1 is 1.23 bits per heavy atom. The number of hydrogen-bond acceptors (Lipinski definition) is 5. The lowest BCUT2D eigenvalue weighted by molar-refractivity contribution is 0.0626. The summed E-state index contributed by atoms with van der Waals surface area (Å²) >= 11 is 0. The third kappa shape index (κ3) is 2.48. The summed E-state index contributed by atoms with van der Waals surface area (Å²) in [5.41, 5.74) is 0. The minimum atomic E-state index is -3.44. The first-order chi connectivity index (χ1) is 10.5. The Bertz CT molecular complexity index is 759. The number of likely N-dealkylation sites (tertiary alicyclic amines) is 1. The van der Waals surface area contributed by atoms with Gasteiger partial charge in [0.05, 0.1) is 18.3 Å². The molecule has 0 aliphatic carbocycles. The van der Waals surface area contributed by atoms with Gasteiger partial charge in [-0.2, -0.15) is 0 Å². The Balaban J connectivity index is 1.69. The molecule has 1 aromatic carbocycles. The van der Waals surface area contributed by atoms with Gasteiger partial charge in [0.1, 0.15) is 11.0 Å². The van der Waals surface area contributed by atoms with E-state index < -0.39 is 15.1 Å². The van der Waals surface area contributed by atoms with Crippen LogP contribution in [0.15, 0.2) is 52.0 Å². The topological polar surface area (TPSA) is 76.8 Å². The Kier molecular flexibility index (Phi) is 3.66. The van der Waals surface area contributed by atoms with Crippen molar-refractivity contribution in [2.24, 2.45) is 0 Å². The number of furan rings is 1. The lowest BCUT2D eigenvalue weighted by Gasteiger charge is -2.38. The van der Waals surface area contributed by atoms with Crippen LogP contribution in [-0.2, 0) is 9.84 Å². The van der Waals surface area contributed by atoms with Crippen LogP contribution in [0.2, 0.25) is 0 Å². The molecule has 1 fully saturated rings. The van der Waals surface area contributed by atoms with Crippen LogP contribution in [0.25, 0.3) is 0 Å². The van der Waals surface area contributed by atoms with E-state index in [0.29, 0.717) is 5.75 Å². The largest absolute Gasteiger partial charge is 0.497 e. The molecule has 0 radical (unpaired) electrons. The highest BCUT2D eigenvalue weighted by Crippen LogP contribution is 2.26. The second kappa shape index (κ2) is 5.49. The van der Waals surface area contributed by atoms with Crippen LogP contribution >= 0.6 is 0 Å². The summed E-state index contributed by atoms with van der Waals surface area (Å²) in [7, 11) is -1.92. The maximum atomic E-state index is 12.5. The number of amides is 1. The van der Waals surface area contributed by atoms with Crippen molar-refractivity contribution in [3.63, 3.8) is 0 Å². The van der Waals surface area contributed by atoms with Gasteiger partial charge >= 0.3 is 0 Å². The molecule has 0 N–H and O–H groups in total. The number of benzene rings is 1. The molecule has 0 atom stereocenters.